The summed E-state index contributed by atoms with van der Waals surface area (Å²) in [4.78, 5) is 7.87. The number of ether oxygens (including phenoxy) is 2. The van der Waals surface area contributed by atoms with Crippen molar-refractivity contribution in [1.82, 2.24) is 9.97 Å². The Bertz CT molecular complexity index is 1030. The lowest BCUT2D eigenvalue weighted by molar-refractivity contribution is 0.457. The molecule has 0 saturated carbocycles. The Balaban J connectivity index is 2.18. The minimum Gasteiger partial charge on any atom is -0.453 e. The van der Waals surface area contributed by atoms with Crippen molar-refractivity contribution in [3.63, 3.8) is 0 Å². The van der Waals surface area contributed by atoms with Crippen molar-refractivity contribution in [3.8, 4) is 35.1 Å². The summed E-state index contributed by atoms with van der Waals surface area (Å²) in [6, 6.07) is 10.4. The number of benzene rings is 1. The van der Waals surface area contributed by atoms with Crippen LogP contribution in [0.4, 0.5) is 0 Å². The zero-order chi connectivity index (χ0) is 18.5. The number of hydrogen-bond donors (Lipinski definition) is 0. The summed E-state index contributed by atoms with van der Waals surface area (Å²) in [7, 11) is 0. The molecule has 3 aromatic rings. The van der Waals surface area contributed by atoms with Gasteiger partial charge in [0.1, 0.15) is 39.2 Å². The molecule has 0 aliphatic rings. The van der Waals surface area contributed by atoms with Crippen molar-refractivity contribution in [2.75, 3.05) is 0 Å². The van der Waals surface area contributed by atoms with Crippen LogP contribution in [0.3, 0.4) is 0 Å². The van der Waals surface area contributed by atoms with Crippen LogP contribution in [0, 0.1) is 22.7 Å². The highest BCUT2D eigenvalue weighted by molar-refractivity contribution is 6.39. The molecule has 1 aromatic carbocycles. The maximum absolute atomic E-state index is 9.47. The summed E-state index contributed by atoms with van der Waals surface area (Å²) in [5, 5.41) is 18.8. The Morgan fingerprint density at radius 2 is 1.31 bits per heavy atom. The van der Waals surface area contributed by atoms with Crippen molar-refractivity contribution in [2.24, 2.45) is 0 Å². The van der Waals surface area contributed by atoms with E-state index in [1.165, 1.54) is 12.4 Å². The number of pyridine rings is 2. The van der Waals surface area contributed by atoms with Gasteiger partial charge in [-0.1, -0.05) is 23.2 Å². The summed E-state index contributed by atoms with van der Waals surface area (Å²) in [6.07, 6.45) is 6.05. The molecule has 0 radical (unpaired) electrons. The maximum Gasteiger partial charge on any atom is 0.169 e. The molecule has 6 nitrogen and oxygen atoms in total. The van der Waals surface area contributed by atoms with E-state index in [-0.39, 0.29) is 32.7 Å². The highest BCUT2D eigenvalue weighted by atomic mass is 35.5. The first-order valence-corrected chi connectivity index (χ1v) is 7.92. The molecule has 0 N–H and O–H groups in total. The predicted molar refractivity (Wildman–Crippen MR) is 94.5 cm³/mol. The molecule has 8 heteroatoms. The standard InChI is InChI=1S/C18H8Cl2N4O2/c19-15-13(7-21)14(8-22)17(25-11-3-1-5-23-9-11)16(20)18(15)26-12-4-2-6-24-10-12/h1-6,9-10H. The van der Waals surface area contributed by atoms with Gasteiger partial charge in [-0.3, -0.25) is 9.97 Å². The van der Waals surface area contributed by atoms with Crippen molar-refractivity contribution < 1.29 is 9.47 Å². The smallest absolute Gasteiger partial charge is 0.169 e. The number of nitrogens with zero attached hydrogens (tertiary/aromatic N) is 4. The average Bonchev–Trinajstić information content (AvgIpc) is 2.68. The van der Waals surface area contributed by atoms with Gasteiger partial charge in [-0.05, 0) is 24.3 Å². The molecular formula is C18H8Cl2N4O2. The molecule has 0 bridgehead atoms. The first-order chi connectivity index (χ1) is 12.7. The van der Waals surface area contributed by atoms with Gasteiger partial charge in [0.2, 0.25) is 0 Å². The maximum atomic E-state index is 9.47. The van der Waals surface area contributed by atoms with Crippen LogP contribution in [-0.2, 0) is 0 Å². The fourth-order valence-electron chi connectivity index (χ4n) is 2.09. The molecule has 3 rings (SSSR count). The lowest BCUT2D eigenvalue weighted by Crippen LogP contribution is -1.98. The second-order valence-corrected chi connectivity index (χ2v) is 5.60. The monoisotopic (exact) mass is 382 g/mol. The Kier molecular flexibility index (Phi) is 5.19. The summed E-state index contributed by atoms with van der Waals surface area (Å²) in [6.45, 7) is 0. The van der Waals surface area contributed by atoms with Crippen LogP contribution in [-0.4, -0.2) is 9.97 Å². The van der Waals surface area contributed by atoms with E-state index in [0.717, 1.165) is 0 Å². The fourth-order valence-corrected chi connectivity index (χ4v) is 2.68. The van der Waals surface area contributed by atoms with E-state index >= 15 is 0 Å². The van der Waals surface area contributed by atoms with Crippen LogP contribution in [0.15, 0.2) is 49.1 Å². The Morgan fingerprint density at radius 1 is 0.769 bits per heavy atom. The summed E-state index contributed by atoms with van der Waals surface area (Å²) >= 11 is 12.6. The molecule has 0 aliphatic carbocycles. The SMILES string of the molecule is N#Cc1c(Cl)c(Oc2cccnc2)c(Cl)c(Oc2cccnc2)c1C#N. The van der Waals surface area contributed by atoms with Gasteiger partial charge in [0.15, 0.2) is 11.5 Å². The topological polar surface area (TPSA) is 91.8 Å². The van der Waals surface area contributed by atoms with Crippen LogP contribution in [0.2, 0.25) is 10.0 Å². The van der Waals surface area contributed by atoms with E-state index in [2.05, 4.69) is 9.97 Å². The van der Waals surface area contributed by atoms with E-state index in [4.69, 9.17) is 32.7 Å². The van der Waals surface area contributed by atoms with E-state index in [9.17, 15) is 10.5 Å². The normalized spacial score (nSPS) is 9.85. The quantitative estimate of drug-likeness (QED) is 0.622. The molecule has 0 aliphatic heterocycles. The van der Waals surface area contributed by atoms with Crippen molar-refractivity contribution >= 4 is 23.2 Å². The second-order valence-electron chi connectivity index (χ2n) is 4.84. The largest absolute Gasteiger partial charge is 0.453 e. The molecule has 0 spiro atoms. The van der Waals surface area contributed by atoms with Gasteiger partial charge in [-0.25, -0.2) is 0 Å². The fraction of sp³-hybridized carbons (Fsp3) is 0. The van der Waals surface area contributed by atoms with E-state index in [0.29, 0.717) is 11.5 Å². The third kappa shape index (κ3) is 3.38. The molecule has 0 unspecified atom stereocenters. The van der Waals surface area contributed by atoms with Crippen LogP contribution in [0.1, 0.15) is 11.1 Å². The van der Waals surface area contributed by atoms with Gasteiger partial charge < -0.3 is 9.47 Å². The Hall–Kier alpha value is -3.32. The highest BCUT2D eigenvalue weighted by Gasteiger charge is 2.26. The van der Waals surface area contributed by atoms with Gasteiger partial charge in [0, 0.05) is 12.4 Å². The van der Waals surface area contributed by atoms with E-state index < -0.39 is 0 Å². The number of halogens is 2. The van der Waals surface area contributed by atoms with Crippen molar-refractivity contribution in [1.29, 1.82) is 10.5 Å². The summed E-state index contributed by atoms with van der Waals surface area (Å²) in [5.74, 6) is 0.652. The van der Waals surface area contributed by atoms with Crippen LogP contribution < -0.4 is 9.47 Å². The first kappa shape index (κ1) is 17.5. The van der Waals surface area contributed by atoms with Gasteiger partial charge in [-0.2, -0.15) is 10.5 Å². The van der Waals surface area contributed by atoms with Crippen molar-refractivity contribution in [2.45, 2.75) is 0 Å². The summed E-state index contributed by atoms with van der Waals surface area (Å²) < 4.78 is 11.4. The van der Waals surface area contributed by atoms with Gasteiger partial charge in [-0.15, -0.1) is 0 Å². The van der Waals surface area contributed by atoms with E-state index in [1.807, 2.05) is 12.1 Å². The van der Waals surface area contributed by atoms with Crippen molar-refractivity contribution in [3.05, 3.63) is 70.2 Å². The third-order valence-electron chi connectivity index (χ3n) is 3.23. The molecule has 126 valence electrons. The molecular weight excluding hydrogens is 375 g/mol. The lowest BCUT2D eigenvalue weighted by atomic mass is 10.1. The molecule has 0 saturated heterocycles. The van der Waals surface area contributed by atoms with Crippen LogP contribution in [0.5, 0.6) is 23.0 Å². The predicted octanol–water partition coefficient (Wildman–Crippen LogP) is 5.11. The Morgan fingerprint density at radius 3 is 1.77 bits per heavy atom. The molecule has 26 heavy (non-hydrogen) atoms. The summed E-state index contributed by atoms with van der Waals surface area (Å²) in [5.41, 5.74) is -0.193. The second kappa shape index (κ2) is 7.71. The highest BCUT2D eigenvalue weighted by Crippen LogP contribution is 2.47. The molecule has 0 atom stereocenters. The zero-order valence-electron chi connectivity index (χ0n) is 13.0. The zero-order valence-corrected chi connectivity index (χ0v) is 14.5. The Labute approximate surface area is 158 Å². The lowest BCUT2D eigenvalue weighted by Gasteiger charge is -2.16. The number of hydrogen-bond acceptors (Lipinski definition) is 6. The average molecular weight is 383 g/mol. The number of aromatic nitrogens is 2. The first-order valence-electron chi connectivity index (χ1n) is 7.16. The third-order valence-corrected chi connectivity index (χ3v) is 3.93. The van der Waals surface area contributed by atoms with Crippen LogP contribution >= 0.6 is 23.2 Å². The molecule has 2 heterocycles. The van der Waals surface area contributed by atoms with Gasteiger partial charge >= 0.3 is 0 Å². The minimum atomic E-state index is -0.101. The van der Waals surface area contributed by atoms with Gasteiger partial charge in [0.05, 0.1) is 18.0 Å². The van der Waals surface area contributed by atoms with Crippen LogP contribution in [0.25, 0.3) is 0 Å². The molecule has 2 aromatic heterocycles. The van der Waals surface area contributed by atoms with Gasteiger partial charge in [0.25, 0.3) is 0 Å². The molecule has 0 fully saturated rings. The van der Waals surface area contributed by atoms with E-state index in [1.54, 1.807) is 36.7 Å². The molecule has 0 amide bonds. The number of nitriles is 2. The number of rotatable bonds is 4. The minimum absolute atomic E-state index is 0.00391.